The van der Waals surface area contributed by atoms with E-state index >= 15 is 8.78 Å². The summed E-state index contributed by atoms with van der Waals surface area (Å²) in [6.07, 6.45) is 6.95. The highest BCUT2D eigenvalue weighted by molar-refractivity contribution is 5.71. The molecule has 216 valence electrons. The highest BCUT2D eigenvalue weighted by Crippen LogP contribution is 2.28. The lowest BCUT2D eigenvalue weighted by Crippen LogP contribution is -1.93. The molecule has 0 aromatic heterocycles. The van der Waals surface area contributed by atoms with Gasteiger partial charge in [-0.3, -0.25) is 0 Å². The molecule has 0 saturated carbocycles. The Labute approximate surface area is 255 Å². The molecule has 5 aromatic carbocycles. The van der Waals surface area contributed by atoms with Gasteiger partial charge in [0.15, 0.2) is 0 Å². The summed E-state index contributed by atoms with van der Waals surface area (Å²) in [5, 5.41) is 0. The zero-order chi connectivity index (χ0) is 30.2. The van der Waals surface area contributed by atoms with Crippen LogP contribution in [0.1, 0.15) is 67.3 Å². The third kappa shape index (κ3) is 7.49. The Morgan fingerprint density at radius 3 is 1.56 bits per heavy atom. The molecule has 0 fully saturated rings. The molecule has 0 radical (unpaired) electrons. The van der Waals surface area contributed by atoms with Crippen LogP contribution in [0.5, 0.6) is 0 Å². The Balaban J connectivity index is 1.29. The lowest BCUT2D eigenvalue weighted by molar-refractivity contribution is 0.622. The number of benzene rings is 5. The second kappa shape index (κ2) is 14.1. The van der Waals surface area contributed by atoms with Crippen molar-refractivity contribution < 1.29 is 8.78 Å². The number of unbranched alkanes of at least 4 members (excludes halogenated alkanes) is 2. The Morgan fingerprint density at radius 1 is 0.488 bits per heavy atom. The third-order valence-electron chi connectivity index (χ3n) is 7.98. The zero-order valence-corrected chi connectivity index (χ0v) is 25.3. The van der Waals surface area contributed by atoms with Crippen LogP contribution < -0.4 is 0 Å². The van der Waals surface area contributed by atoms with Gasteiger partial charge < -0.3 is 0 Å². The summed E-state index contributed by atoms with van der Waals surface area (Å²) >= 11 is 0. The van der Waals surface area contributed by atoms with Gasteiger partial charge in [-0.05, 0) is 101 Å². The largest absolute Gasteiger partial charge is 0.206 e. The van der Waals surface area contributed by atoms with Crippen molar-refractivity contribution in [3.63, 3.8) is 0 Å². The van der Waals surface area contributed by atoms with Gasteiger partial charge in [-0.1, -0.05) is 124 Å². The molecule has 0 aliphatic heterocycles. The lowest BCUT2D eigenvalue weighted by Gasteiger charge is -2.08. The SMILES string of the molecule is CCCCCc1ccc(-c2ccc(-c3ccc(C#Cc4c(C)cc(-c5ccc(CCC)cc5)cc4F)c(F)c3)cc2)cc1. The zero-order valence-electron chi connectivity index (χ0n) is 25.3. The fourth-order valence-electron chi connectivity index (χ4n) is 5.45. The average molecular weight is 569 g/mol. The summed E-state index contributed by atoms with van der Waals surface area (Å²) in [6, 6.07) is 33.7. The fourth-order valence-corrected chi connectivity index (χ4v) is 5.45. The molecule has 0 N–H and O–H groups in total. The van der Waals surface area contributed by atoms with E-state index in [1.165, 1.54) is 48.1 Å². The van der Waals surface area contributed by atoms with Crippen molar-refractivity contribution >= 4 is 0 Å². The molecule has 0 bridgehead atoms. The summed E-state index contributed by atoms with van der Waals surface area (Å²) in [5.74, 6) is 4.92. The Hall–Kier alpha value is -4.48. The van der Waals surface area contributed by atoms with Crippen molar-refractivity contribution in [2.75, 3.05) is 0 Å². The van der Waals surface area contributed by atoms with Crippen LogP contribution in [0.4, 0.5) is 8.78 Å². The first-order valence-electron chi connectivity index (χ1n) is 15.4. The third-order valence-corrected chi connectivity index (χ3v) is 7.98. The minimum Gasteiger partial charge on any atom is -0.206 e. The first-order valence-corrected chi connectivity index (χ1v) is 15.4. The van der Waals surface area contributed by atoms with Crippen LogP contribution in [0.3, 0.4) is 0 Å². The molecular formula is C41H38F2. The lowest BCUT2D eigenvalue weighted by atomic mass is 9.97. The maximum atomic E-state index is 15.1. The second-order valence-electron chi connectivity index (χ2n) is 11.3. The van der Waals surface area contributed by atoms with Crippen LogP contribution >= 0.6 is 0 Å². The van der Waals surface area contributed by atoms with E-state index in [9.17, 15) is 0 Å². The van der Waals surface area contributed by atoms with Crippen molar-refractivity contribution in [1.29, 1.82) is 0 Å². The molecule has 5 aromatic rings. The monoisotopic (exact) mass is 568 g/mol. The summed E-state index contributed by atoms with van der Waals surface area (Å²) < 4.78 is 30.2. The van der Waals surface area contributed by atoms with Crippen molar-refractivity contribution in [3.05, 3.63) is 143 Å². The van der Waals surface area contributed by atoms with E-state index in [4.69, 9.17) is 0 Å². The van der Waals surface area contributed by atoms with Gasteiger partial charge in [0, 0.05) is 0 Å². The van der Waals surface area contributed by atoms with Gasteiger partial charge in [-0.2, -0.15) is 0 Å². The van der Waals surface area contributed by atoms with Crippen molar-refractivity contribution in [3.8, 4) is 45.2 Å². The summed E-state index contributed by atoms with van der Waals surface area (Å²) in [4.78, 5) is 0. The van der Waals surface area contributed by atoms with Crippen LogP contribution in [-0.4, -0.2) is 0 Å². The molecule has 0 aliphatic carbocycles. The molecule has 43 heavy (non-hydrogen) atoms. The van der Waals surface area contributed by atoms with Gasteiger partial charge in [0.25, 0.3) is 0 Å². The molecular weight excluding hydrogens is 530 g/mol. The van der Waals surface area contributed by atoms with Crippen LogP contribution in [0.25, 0.3) is 33.4 Å². The predicted molar refractivity (Wildman–Crippen MR) is 177 cm³/mol. The predicted octanol–water partition coefficient (Wildman–Crippen LogP) is 11.4. The van der Waals surface area contributed by atoms with Crippen molar-refractivity contribution in [1.82, 2.24) is 0 Å². The van der Waals surface area contributed by atoms with Gasteiger partial charge in [0.2, 0.25) is 0 Å². The molecule has 0 atom stereocenters. The number of rotatable bonds is 9. The maximum Gasteiger partial charge on any atom is 0.139 e. The smallest absolute Gasteiger partial charge is 0.139 e. The Bertz CT molecular complexity index is 1710. The molecule has 5 rings (SSSR count). The van der Waals surface area contributed by atoms with Crippen molar-refractivity contribution in [2.45, 2.75) is 59.3 Å². The first kappa shape index (κ1) is 30.0. The molecule has 0 nitrogen and oxygen atoms in total. The quantitative estimate of drug-likeness (QED) is 0.123. The molecule has 0 amide bonds. The molecule has 0 aliphatic rings. The standard InChI is InChI=1S/C41H38F2/c1-4-6-7-9-31-12-14-32(15-13-31)33-18-20-34(21-19-33)37-23-22-36(40(42)27-37)24-25-39-29(3)26-38(28-41(39)43)35-16-10-30(8-5-2)11-17-35/h10-23,26-28H,4-9H2,1-3H3. The van der Waals surface area contributed by atoms with E-state index in [-0.39, 0.29) is 5.56 Å². The molecule has 2 heteroatoms. The van der Waals surface area contributed by atoms with E-state index in [0.717, 1.165) is 52.6 Å². The van der Waals surface area contributed by atoms with Crippen molar-refractivity contribution in [2.24, 2.45) is 0 Å². The van der Waals surface area contributed by atoms with Crippen LogP contribution in [0.2, 0.25) is 0 Å². The Morgan fingerprint density at radius 2 is 1.00 bits per heavy atom. The molecule has 0 heterocycles. The average Bonchev–Trinajstić information content (AvgIpc) is 3.02. The van der Waals surface area contributed by atoms with E-state index in [1.807, 2.05) is 43.3 Å². The molecule has 0 unspecified atom stereocenters. The van der Waals surface area contributed by atoms with E-state index < -0.39 is 11.6 Å². The normalized spacial score (nSPS) is 10.8. The Kier molecular flexibility index (Phi) is 9.85. The highest BCUT2D eigenvalue weighted by atomic mass is 19.1. The maximum absolute atomic E-state index is 15.1. The summed E-state index contributed by atoms with van der Waals surface area (Å²) in [7, 11) is 0. The van der Waals surface area contributed by atoms with Gasteiger partial charge in [-0.25, -0.2) is 8.78 Å². The van der Waals surface area contributed by atoms with E-state index in [1.54, 1.807) is 6.07 Å². The topological polar surface area (TPSA) is 0 Å². The summed E-state index contributed by atoms with van der Waals surface area (Å²) in [6.45, 7) is 6.22. The van der Waals surface area contributed by atoms with Gasteiger partial charge in [-0.15, -0.1) is 0 Å². The van der Waals surface area contributed by atoms with E-state index in [2.05, 4.69) is 74.2 Å². The number of halogens is 2. The van der Waals surface area contributed by atoms with Gasteiger partial charge in [0.05, 0.1) is 11.1 Å². The minimum absolute atomic E-state index is 0.244. The highest BCUT2D eigenvalue weighted by Gasteiger charge is 2.10. The van der Waals surface area contributed by atoms with Crippen LogP contribution in [0.15, 0.2) is 103 Å². The minimum atomic E-state index is -0.422. The molecule has 0 spiro atoms. The van der Waals surface area contributed by atoms with Gasteiger partial charge in [0.1, 0.15) is 11.6 Å². The summed E-state index contributed by atoms with van der Waals surface area (Å²) in [5.41, 5.74) is 9.68. The van der Waals surface area contributed by atoms with E-state index in [0.29, 0.717) is 5.56 Å². The number of hydrogen-bond acceptors (Lipinski definition) is 0. The number of aryl methyl sites for hydroxylation is 3. The van der Waals surface area contributed by atoms with Gasteiger partial charge >= 0.3 is 0 Å². The molecule has 0 saturated heterocycles. The number of hydrogen-bond donors (Lipinski definition) is 0. The van der Waals surface area contributed by atoms with Crippen LogP contribution in [-0.2, 0) is 12.8 Å². The first-order chi connectivity index (χ1) is 20.9. The van der Waals surface area contributed by atoms with Crippen LogP contribution in [0, 0.1) is 30.4 Å². The fraction of sp³-hybridized carbons (Fsp3) is 0.220. The second-order valence-corrected chi connectivity index (χ2v) is 11.3.